The van der Waals surface area contributed by atoms with Crippen molar-refractivity contribution in [3.8, 4) is 0 Å². The monoisotopic (exact) mass is 256 g/mol. The summed E-state index contributed by atoms with van der Waals surface area (Å²) < 4.78 is 2.35. The molecule has 1 aromatic heterocycles. The topological polar surface area (TPSA) is 17.8 Å². The number of benzene rings is 1. The van der Waals surface area contributed by atoms with Gasteiger partial charge >= 0.3 is 0 Å². The van der Waals surface area contributed by atoms with Crippen LogP contribution in [0.15, 0.2) is 30.6 Å². The highest BCUT2D eigenvalue weighted by molar-refractivity contribution is 5.74. The van der Waals surface area contributed by atoms with Crippen molar-refractivity contribution in [1.29, 1.82) is 0 Å². The van der Waals surface area contributed by atoms with Crippen LogP contribution in [0, 0.1) is 11.3 Å². The Morgan fingerprint density at radius 2 is 2.21 bits per heavy atom. The first-order valence-corrected chi connectivity index (χ1v) is 7.60. The van der Waals surface area contributed by atoms with Crippen molar-refractivity contribution in [3.05, 3.63) is 30.6 Å². The van der Waals surface area contributed by atoms with E-state index in [2.05, 4.69) is 47.7 Å². The van der Waals surface area contributed by atoms with Gasteiger partial charge in [-0.1, -0.05) is 45.2 Å². The first-order valence-electron chi connectivity index (χ1n) is 7.60. The van der Waals surface area contributed by atoms with Crippen LogP contribution in [0.1, 0.15) is 46.0 Å². The molecular formula is C17H24N2. The average molecular weight is 256 g/mol. The fraction of sp³-hybridized carbons (Fsp3) is 0.588. The quantitative estimate of drug-likeness (QED) is 0.782. The third kappa shape index (κ3) is 2.54. The lowest BCUT2D eigenvalue weighted by Gasteiger charge is -2.38. The minimum atomic E-state index is 0.447. The van der Waals surface area contributed by atoms with E-state index in [-0.39, 0.29) is 0 Å². The fourth-order valence-electron chi connectivity index (χ4n) is 3.76. The zero-order valence-corrected chi connectivity index (χ0v) is 12.1. The molecule has 1 heterocycles. The van der Waals surface area contributed by atoms with Crippen LogP contribution in [0.4, 0.5) is 0 Å². The lowest BCUT2D eigenvalue weighted by atomic mass is 9.70. The molecule has 3 rings (SSSR count). The van der Waals surface area contributed by atoms with E-state index in [1.54, 1.807) is 0 Å². The van der Waals surface area contributed by atoms with Gasteiger partial charge in [-0.2, -0.15) is 0 Å². The Balaban J connectivity index is 1.83. The van der Waals surface area contributed by atoms with E-state index in [9.17, 15) is 0 Å². The Morgan fingerprint density at radius 3 is 3.05 bits per heavy atom. The van der Waals surface area contributed by atoms with Crippen LogP contribution in [0.2, 0.25) is 0 Å². The summed E-state index contributed by atoms with van der Waals surface area (Å²) in [7, 11) is 0. The van der Waals surface area contributed by atoms with Crippen molar-refractivity contribution in [2.45, 2.75) is 52.5 Å². The standard InChI is InChI=1S/C17H24N2/c1-3-14-7-6-10-17(2,11-14)12-19-13-18-15-8-4-5-9-16(15)19/h4-5,8-9,13-14H,3,6-7,10-12H2,1-2H3. The summed E-state index contributed by atoms with van der Waals surface area (Å²) in [5.41, 5.74) is 2.85. The number of hydrogen-bond acceptors (Lipinski definition) is 1. The maximum absolute atomic E-state index is 4.52. The maximum atomic E-state index is 4.52. The molecule has 1 fully saturated rings. The third-order valence-corrected chi connectivity index (χ3v) is 4.83. The van der Waals surface area contributed by atoms with Crippen molar-refractivity contribution in [2.75, 3.05) is 0 Å². The average Bonchev–Trinajstić information content (AvgIpc) is 2.82. The van der Waals surface area contributed by atoms with Gasteiger partial charge in [0.05, 0.1) is 17.4 Å². The highest BCUT2D eigenvalue weighted by Gasteiger charge is 2.32. The molecule has 19 heavy (non-hydrogen) atoms. The summed E-state index contributed by atoms with van der Waals surface area (Å²) in [6.45, 7) is 5.91. The van der Waals surface area contributed by atoms with Crippen LogP contribution in [0.25, 0.3) is 11.0 Å². The largest absolute Gasteiger partial charge is 0.330 e. The summed E-state index contributed by atoms with van der Waals surface area (Å²) in [6.07, 6.45) is 8.90. The predicted molar refractivity (Wildman–Crippen MR) is 80.1 cm³/mol. The van der Waals surface area contributed by atoms with E-state index in [4.69, 9.17) is 0 Å². The number of hydrogen-bond donors (Lipinski definition) is 0. The minimum Gasteiger partial charge on any atom is -0.330 e. The van der Waals surface area contributed by atoms with E-state index in [0.717, 1.165) is 18.0 Å². The van der Waals surface area contributed by atoms with Gasteiger partial charge in [-0.15, -0.1) is 0 Å². The van der Waals surface area contributed by atoms with Gasteiger partial charge in [0.1, 0.15) is 0 Å². The van der Waals surface area contributed by atoms with E-state index < -0.39 is 0 Å². The summed E-state index contributed by atoms with van der Waals surface area (Å²) >= 11 is 0. The Bertz CT molecular complexity index is 557. The first-order chi connectivity index (χ1) is 9.20. The number of fused-ring (bicyclic) bond motifs is 1. The van der Waals surface area contributed by atoms with Gasteiger partial charge in [0.15, 0.2) is 0 Å². The Kier molecular flexibility index (Phi) is 3.34. The number of nitrogens with zero attached hydrogens (tertiary/aromatic N) is 2. The zero-order chi connectivity index (χ0) is 13.3. The second kappa shape index (κ2) is 4.99. The molecule has 2 nitrogen and oxygen atoms in total. The summed E-state index contributed by atoms with van der Waals surface area (Å²) in [4.78, 5) is 4.52. The molecule has 1 aromatic carbocycles. The van der Waals surface area contributed by atoms with Gasteiger partial charge in [0.25, 0.3) is 0 Å². The molecule has 0 bridgehead atoms. The first kappa shape index (κ1) is 12.7. The second-order valence-electron chi connectivity index (χ2n) is 6.54. The van der Waals surface area contributed by atoms with E-state index in [1.165, 1.54) is 37.6 Å². The second-order valence-corrected chi connectivity index (χ2v) is 6.54. The van der Waals surface area contributed by atoms with Crippen molar-refractivity contribution in [1.82, 2.24) is 9.55 Å². The molecule has 0 spiro atoms. The Hall–Kier alpha value is -1.31. The van der Waals surface area contributed by atoms with E-state index >= 15 is 0 Å². The zero-order valence-electron chi connectivity index (χ0n) is 12.1. The summed E-state index contributed by atoms with van der Waals surface area (Å²) in [5, 5.41) is 0. The molecule has 0 amide bonds. The number of para-hydroxylation sites is 2. The van der Waals surface area contributed by atoms with Crippen LogP contribution >= 0.6 is 0 Å². The Morgan fingerprint density at radius 1 is 1.37 bits per heavy atom. The maximum Gasteiger partial charge on any atom is 0.0958 e. The molecule has 2 unspecified atom stereocenters. The van der Waals surface area contributed by atoms with Gasteiger partial charge in [-0.25, -0.2) is 4.98 Å². The molecule has 0 aliphatic heterocycles. The summed E-state index contributed by atoms with van der Waals surface area (Å²) in [6, 6.07) is 8.46. The van der Waals surface area contributed by atoms with Crippen molar-refractivity contribution >= 4 is 11.0 Å². The molecule has 1 aliphatic carbocycles. The SMILES string of the molecule is CCC1CCCC(C)(Cn2cnc3ccccc32)C1. The van der Waals surface area contributed by atoms with Crippen LogP contribution < -0.4 is 0 Å². The van der Waals surface area contributed by atoms with Gasteiger partial charge in [-0.3, -0.25) is 0 Å². The molecule has 1 aliphatic rings. The lowest BCUT2D eigenvalue weighted by molar-refractivity contribution is 0.134. The smallest absolute Gasteiger partial charge is 0.0958 e. The number of aromatic nitrogens is 2. The minimum absolute atomic E-state index is 0.447. The molecule has 102 valence electrons. The summed E-state index contributed by atoms with van der Waals surface area (Å²) in [5.74, 6) is 0.925. The molecule has 0 saturated heterocycles. The molecule has 2 atom stereocenters. The van der Waals surface area contributed by atoms with Gasteiger partial charge in [0, 0.05) is 6.54 Å². The molecule has 2 aromatic rings. The lowest BCUT2D eigenvalue weighted by Crippen LogP contribution is -2.30. The normalized spacial score (nSPS) is 27.8. The molecule has 2 heteroatoms. The van der Waals surface area contributed by atoms with Crippen LogP contribution in [-0.4, -0.2) is 9.55 Å². The number of imidazole rings is 1. The van der Waals surface area contributed by atoms with Crippen molar-refractivity contribution in [3.63, 3.8) is 0 Å². The van der Waals surface area contributed by atoms with E-state index in [1.807, 2.05) is 6.33 Å². The highest BCUT2D eigenvalue weighted by Crippen LogP contribution is 2.41. The van der Waals surface area contributed by atoms with Crippen LogP contribution in [0.5, 0.6) is 0 Å². The number of rotatable bonds is 3. The predicted octanol–water partition coefficient (Wildman–Crippen LogP) is 4.64. The van der Waals surface area contributed by atoms with Crippen molar-refractivity contribution < 1.29 is 0 Å². The van der Waals surface area contributed by atoms with E-state index in [0.29, 0.717) is 5.41 Å². The van der Waals surface area contributed by atoms with Gasteiger partial charge in [0.2, 0.25) is 0 Å². The van der Waals surface area contributed by atoms with Crippen LogP contribution in [-0.2, 0) is 6.54 Å². The Labute approximate surface area is 115 Å². The van der Waals surface area contributed by atoms with Crippen LogP contribution in [0.3, 0.4) is 0 Å². The van der Waals surface area contributed by atoms with Gasteiger partial charge < -0.3 is 4.57 Å². The molecular weight excluding hydrogens is 232 g/mol. The molecule has 0 N–H and O–H groups in total. The van der Waals surface area contributed by atoms with Gasteiger partial charge in [-0.05, 0) is 36.3 Å². The fourth-order valence-corrected chi connectivity index (χ4v) is 3.76. The highest BCUT2D eigenvalue weighted by atomic mass is 15.0. The molecule has 0 radical (unpaired) electrons. The van der Waals surface area contributed by atoms with Crippen molar-refractivity contribution in [2.24, 2.45) is 11.3 Å². The molecule has 1 saturated carbocycles. The third-order valence-electron chi connectivity index (χ3n) is 4.83.